The number of nitrogens with one attached hydrogen (secondary N) is 1. The summed E-state index contributed by atoms with van der Waals surface area (Å²) in [6, 6.07) is 7.39. The highest BCUT2D eigenvalue weighted by Crippen LogP contribution is 2.20. The third-order valence-electron chi connectivity index (χ3n) is 3.64. The van der Waals surface area contributed by atoms with Gasteiger partial charge in [-0.2, -0.15) is 0 Å². The van der Waals surface area contributed by atoms with Crippen molar-refractivity contribution in [2.24, 2.45) is 12.0 Å². The topological polar surface area (TPSA) is 93.8 Å². The van der Waals surface area contributed by atoms with Gasteiger partial charge in [-0.1, -0.05) is 0 Å². The van der Waals surface area contributed by atoms with Crippen LogP contribution in [0.1, 0.15) is 12.5 Å². The van der Waals surface area contributed by atoms with E-state index in [4.69, 9.17) is 17.3 Å². The van der Waals surface area contributed by atoms with Gasteiger partial charge in [0.2, 0.25) is 5.88 Å². The van der Waals surface area contributed by atoms with Crippen LogP contribution in [-0.2, 0) is 7.05 Å². The number of anilines is 1. The lowest BCUT2D eigenvalue weighted by Gasteiger charge is -2.21. The summed E-state index contributed by atoms with van der Waals surface area (Å²) in [5.41, 5.74) is 1.18. The second-order valence-electron chi connectivity index (χ2n) is 5.13. The van der Waals surface area contributed by atoms with Gasteiger partial charge in [-0.25, -0.2) is 0 Å². The normalized spacial score (nSPS) is 11.1. The van der Waals surface area contributed by atoms with Crippen LogP contribution in [0.2, 0.25) is 0 Å². The molecule has 0 saturated heterocycles. The molecule has 1 aromatic carbocycles. The van der Waals surface area contributed by atoms with E-state index in [2.05, 4.69) is 9.98 Å². The van der Waals surface area contributed by atoms with Gasteiger partial charge in [0.05, 0.1) is 12.3 Å². The predicted molar refractivity (Wildman–Crippen MR) is 97.2 cm³/mol. The summed E-state index contributed by atoms with van der Waals surface area (Å²) in [6.45, 7) is 3.45. The molecule has 0 spiro atoms. The van der Waals surface area contributed by atoms with E-state index in [9.17, 15) is 9.90 Å². The Morgan fingerprint density at radius 2 is 2.04 bits per heavy atom. The number of benzene rings is 1. The number of rotatable bonds is 6. The van der Waals surface area contributed by atoms with Crippen molar-refractivity contribution in [1.82, 2.24) is 9.55 Å². The largest absolute Gasteiger partial charge is 0.494 e. The molecule has 24 heavy (non-hydrogen) atoms. The van der Waals surface area contributed by atoms with E-state index < -0.39 is 5.56 Å². The van der Waals surface area contributed by atoms with Crippen LogP contribution in [0, 0.1) is 4.77 Å². The van der Waals surface area contributed by atoms with Crippen molar-refractivity contribution in [1.29, 1.82) is 0 Å². The number of hydrogen-bond acceptors (Lipinski definition) is 6. The first-order valence-corrected chi connectivity index (χ1v) is 7.91. The standard InChI is InChI=1S/C16H20N4O3S/c1-3-20(8-9-21)12-6-4-11(5-7-12)17-10-13-14(22)18-16(24)19(2)15(13)23/h4-7,10,21,23H,3,8-9H2,1-2H3,(H,18,22,24). The molecule has 0 atom stereocenters. The molecule has 7 nitrogen and oxygen atoms in total. The summed E-state index contributed by atoms with van der Waals surface area (Å²) in [7, 11) is 1.56. The number of aromatic amines is 1. The van der Waals surface area contributed by atoms with Crippen LogP contribution >= 0.6 is 12.2 Å². The average molecular weight is 348 g/mol. The van der Waals surface area contributed by atoms with Crippen molar-refractivity contribution < 1.29 is 10.2 Å². The Labute approximate surface area is 144 Å². The van der Waals surface area contributed by atoms with Crippen LogP contribution in [-0.4, -0.2) is 45.7 Å². The molecule has 8 heteroatoms. The molecule has 1 aromatic heterocycles. The highest BCUT2D eigenvalue weighted by atomic mass is 32.1. The van der Waals surface area contributed by atoms with Crippen LogP contribution in [0.3, 0.4) is 0 Å². The molecule has 0 aliphatic carbocycles. The Morgan fingerprint density at radius 1 is 1.38 bits per heavy atom. The predicted octanol–water partition coefficient (Wildman–Crippen LogP) is 1.72. The molecule has 0 radical (unpaired) electrons. The van der Waals surface area contributed by atoms with Gasteiger partial charge in [-0.05, 0) is 43.4 Å². The highest BCUT2D eigenvalue weighted by molar-refractivity contribution is 7.71. The first-order chi connectivity index (χ1) is 11.5. The Hall–Kier alpha value is -2.45. The Balaban J connectivity index is 2.26. The lowest BCUT2D eigenvalue weighted by Crippen LogP contribution is -2.25. The number of aliphatic imine (C=N–C) groups is 1. The third kappa shape index (κ3) is 3.90. The van der Waals surface area contributed by atoms with Crippen molar-refractivity contribution in [3.63, 3.8) is 0 Å². The van der Waals surface area contributed by atoms with E-state index in [0.717, 1.165) is 12.2 Å². The number of aliphatic hydroxyl groups excluding tert-OH is 1. The molecule has 0 amide bonds. The van der Waals surface area contributed by atoms with Gasteiger partial charge < -0.3 is 15.1 Å². The molecular weight excluding hydrogens is 328 g/mol. The van der Waals surface area contributed by atoms with Crippen LogP contribution < -0.4 is 10.5 Å². The molecular formula is C16H20N4O3S. The first-order valence-electron chi connectivity index (χ1n) is 7.50. The van der Waals surface area contributed by atoms with Gasteiger partial charge >= 0.3 is 0 Å². The Bertz CT molecular complexity index is 840. The zero-order valence-electron chi connectivity index (χ0n) is 13.6. The average Bonchev–Trinajstić information content (AvgIpc) is 2.58. The second-order valence-corrected chi connectivity index (χ2v) is 5.52. The summed E-state index contributed by atoms with van der Waals surface area (Å²) >= 11 is 4.92. The number of H-pyrrole nitrogens is 1. The fraction of sp³-hybridized carbons (Fsp3) is 0.312. The number of aromatic nitrogens is 2. The first kappa shape index (κ1) is 17.9. The van der Waals surface area contributed by atoms with E-state index >= 15 is 0 Å². The summed E-state index contributed by atoms with van der Waals surface area (Å²) in [5.74, 6) is -0.232. The van der Waals surface area contributed by atoms with Crippen LogP contribution in [0.25, 0.3) is 0 Å². The molecule has 0 aliphatic rings. The van der Waals surface area contributed by atoms with Crippen molar-refractivity contribution >= 4 is 29.8 Å². The molecule has 3 N–H and O–H groups in total. The lowest BCUT2D eigenvalue weighted by molar-refractivity contribution is 0.302. The molecule has 0 unspecified atom stereocenters. The molecule has 1 heterocycles. The zero-order chi connectivity index (χ0) is 17.7. The lowest BCUT2D eigenvalue weighted by atomic mass is 10.2. The van der Waals surface area contributed by atoms with Gasteiger partial charge in [0.1, 0.15) is 5.56 Å². The van der Waals surface area contributed by atoms with Gasteiger partial charge in [0.15, 0.2) is 4.77 Å². The minimum Gasteiger partial charge on any atom is -0.494 e. The third-order valence-corrected chi connectivity index (χ3v) is 4.01. The van der Waals surface area contributed by atoms with Crippen LogP contribution in [0.4, 0.5) is 11.4 Å². The van der Waals surface area contributed by atoms with Gasteiger partial charge in [-0.15, -0.1) is 0 Å². The number of aromatic hydroxyl groups is 1. The minimum atomic E-state index is -0.490. The summed E-state index contributed by atoms with van der Waals surface area (Å²) in [5, 5.41) is 19.1. The number of nitrogens with zero attached hydrogens (tertiary/aromatic N) is 3. The van der Waals surface area contributed by atoms with E-state index in [1.807, 2.05) is 24.0 Å². The minimum absolute atomic E-state index is 0.0469. The fourth-order valence-electron chi connectivity index (χ4n) is 2.22. The molecule has 0 fully saturated rings. The number of aliphatic hydroxyl groups is 1. The Kier molecular flexibility index (Phi) is 5.88. The maximum absolute atomic E-state index is 11.9. The monoisotopic (exact) mass is 348 g/mol. The maximum atomic E-state index is 11.9. The van der Waals surface area contributed by atoms with Crippen LogP contribution in [0.5, 0.6) is 5.88 Å². The summed E-state index contributed by atoms with van der Waals surface area (Å²) < 4.78 is 1.44. The Morgan fingerprint density at radius 3 is 2.62 bits per heavy atom. The van der Waals surface area contributed by atoms with Crippen molar-refractivity contribution in [2.45, 2.75) is 6.92 Å². The highest BCUT2D eigenvalue weighted by Gasteiger charge is 2.08. The fourth-order valence-corrected chi connectivity index (χ4v) is 2.40. The zero-order valence-corrected chi connectivity index (χ0v) is 14.4. The maximum Gasteiger partial charge on any atom is 0.264 e. The van der Waals surface area contributed by atoms with E-state index in [-0.39, 0.29) is 22.8 Å². The van der Waals surface area contributed by atoms with E-state index in [1.165, 1.54) is 10.8 Å². The quantitative estimate of drug-likeness (QED) is 0.546. The van der Waals surface area contributed by atoms with E-state index in [0.29, 0.717) is 12.2 Å². The van der Waals surface area contributed by atoms with Crippen LogP contribution in [0.15, 0.2) is 34.1 Å². The molecule has 2 rings (SSSR count). The van der Waals surface area contributed by atoms with E-state index in [1.54, 1.807) is 19.2 Å². The van der Waals surface area contributed by atoms with Gasteiger partial charge in [0.25, 0.3) is 5.56 Å². The molecule has 2 aromatic rings. The summed E-state index contributed by atoms with van der Waals surface area (Å²) in [4.78, 5) is 20.6. The molecule has 0 bridgehead atoms. The van der Waals surface area contributed by atoms with Gasteiger partial charge in [0, 0.05) is 32.0 Å². The van der Waals surface area contributed by atoms with Crippen molar-refractivity contribution in [3.8, 4) is 5.88 Å². The number of likely N-dealkylation sites (N-methyl/N-ethyl adjacent to an activating group) is 1. The smallest absolute Gasteiger partial charge is 0.264 e. The number of hydrogen-bond donors (Lipinski definition) is 3. The van der Waals surface area contributed by atoms with Gasteiger partial charge in [-0.3, -0.25) is 19.3 Å². The molecule has 128 valence electrons. The summed E-state index contributed by atoms with van der Waals surface area (Å²) in [6.07, 6.45) is 1.31. The molecule has 0 saturated carbocycles. The van der Waals surface area contributed by atoms with Crippen molar-refractivity contribution in [2.75, 3.05) is 24.6 Å². The van der Waals surface area contributed by atoms with Crippen molar-refractivity contribution in [3.05, 3.63) is 45.0 Å². The molecule has 0 aliphatic heterocycles. The SMILES string of the molecule is CCN(CCO)c1ccc(N=Cc2c(O)n(C)c(=S)[nH]c2=O)cc1. The second kappa shape index (κ2) is 7.89.